The van der Waals surface area contributed by atoms with Crippen LogP contribution in [0.15, 0.2) is 46.9 Å². The summed E-state index contributed by atoms with van der Waals surface area (Å²) in [5.74, 6) is 0.0820. The predicted octanol–water partition coefficient (Wildman–Crippen LogP) is 5.09. The first-order valence-electron chi connectivity index (χ1n) is 6.75. The molecule has 0 amide bonds. The third-order valence-electron chi connectivity index (χ3n) is 3.95. The van der Waals surface area contributed by atoms with E-state index in [4.69, 9.17) is 0 Å². The van der Waals surface area contributed by atoms with Gasteiger partial charge in [0, 0.05) is 11.1 Å². The lowest BCUT2D eigenvalue weighted by Gasteiger charge is -2.25. The SMILES string of the molecule is O=C(c1ccc(C2CCC2)cc1)c1cccc(F)c1Br. The summed E-state index contributed by atoms with van der Waals surface area (Å²) in [6.45, 7) is 0. The molecule has 0 aliphatic heterocycles. The second-order valence-corrected chi connectivity index (χ2v) is 5.97. The van der Waals surface area contributed by atoms with Crippen molar-refractivity contribution in [1.82, 2.24) is 0 Å². The molecule has 1 saturated carbocycles. The van der Waals surface area contributed by atoms with Gasteiger partial charge in [0.1, 0.15) is 5.82 Å². The van der Waals surface area contributed by atoms with Crippen molar-refractivity contribution in [1.29, 1.82) is 0 Å². The smallest absolute Gasteiger partial charge is 0.194 e. The molecule has 0 heterocycles. The van der Waals surface area contributed by atoms with Crippen LogP contribution < -0.4 is 0 Å². The second kappa shape index (κ2) is 5.49. The van der Waals surface area contributed by atoms with Crippen molar-refractivity contribution < 1.29 is 9.18 Å². The monoisotopic (exact) mass is 332 g/mol. The number of carbonyl (C=O) groups excluding carboxylic acids is 1. The molecule has 3 heteroatoms. The Bertz CT molecular complexity index is 645. The van der Waals surface area contributed by atoms with Crippen molar-refractivity contribution in [3.63, 3.8) is 0 Å². The summed E-state index contributed by atoms with van der Waals surface area (Å²) in [6, 6.07) is 12.2. The largest absolute Gasteiger partial charge is 0.289 e. The number of ketones is 1. The highest BCUT2D eigenvalue weighted by atomic mass is 79.9. The van der Waals surface area contributed by atoms with E-state index in [1.807, 2.05) is 24.3 Å². The van der Waals surface area contributed by atoms with Gasteiger partial charge in [-0.15, -0.1) is 0 Å². The zero-order valence-corrected chi connectivity index (χ0v) is 12.5. The minimum atomic E-state index is -0.415. The van der Waals surface area contributed by atoms with Crippen LogP contribution in [0.4, 0.5) is 4.39 Å². The average Bonchev–Trinajstić information content (AvgIpc) is 2.40. The molecule has 0 spiro atoms. The van der Waals surface area contributed by atoms with Crippen LogP contribution >= 0.6 is 15.9 Å². The third-order valence-corrected chi connectivity index (χ3v) is 4.75. The number of halogens is 2. The Hall–Kier alpha value is -1.48. The first kappa shape index (κ1) is 13.5. The zero-order chi connectivity index (χ0) is 14.1. The van der Waals surface area contributed by atoms with Crippen molar-refractivity contribution in [3.05, 3.63) is 69.4 Å². The van der Waals surface area contributed by atoms with E-state index >= 15 is 0 Å². The fourth-order valence-electron chi connectivity index (χ4n) is 2.48. The van der Waals surface area contributed by atoms with Gasteiger partial charge in [-0.2, -0.15) is 0 Å². The van der Waals surface area contributed by atoms with Crippen LogP contribution in [0.3, 0.4) is 0 Å². The molecule has 0 atom stereocenters. The van der Waals surface area contributed by atoms with Gasteiger partial charge in [0.15, 0.2) is 5.78 Å². The highest BCUT2D eigenvalue weighted by Gasteiger charge is 2.20. The molecule has 1 fully saturated rings. The van der Waals surface area contributed by atoms with Gasteiger partial charge in [0.2, 0.25) is 0 Å². The molecule has 0 bridgehead atoms. The second-order valence-electron chi connectivity index (χ2n) is 5.18. The number of hydrogen-bond donors (Lipinski definition) is 0. The molecule has 2 aromatic carbocycles. The highest BCUT2D eigenvalue weighted by molar-refractivity contribution is 9.10. The molecule has 1 aliphatic carbocycles. The number of benzene rings is 2. The van der Waals surface area contributed by atoms with Crippen LogP contribution in [0.1, 0.15) is 46.7 Å². The number of carbonyl (C=O) groups is 1. The molecule has 2 aromatic rings. The molecule has 1 nitrogen and oxygen atoms in total. The molecule has 102 valence electrons. The summed E-state index contributed by atoms with van der Waals surface area (Å²) in [7, 11) is 0. The Morgan fingerprint density at radius 2 is 1.80 bits per heavy atom. The van der Waals surface area contributed by atoms with E-state index in [0.29, 0.717) is 17.0 Å². The van der Waals surface area contributed by atoms with Crippen molar-refractivity contribution in [2.75, 3.05) is 0 Å². The van der Waals surface area contributed by atoms with Crippen molar-refractivity contribution in [2.45, 2.75) is 25.2 Å². The first-order chi connectivity index (χ1) is 9.66. The van der Waals surface area contributed by atoms with E-state index in [1.165, 1.54) is 30.9 Å². The van der Waals surface area contributed by atoms with E-state index in [-0.39, 0.29) is 10.3 Å². The van der Waals surface area contributed by atoms with Crippen LogP contribution in [0.5, 0.6) is 0 Å². The van der Waals surface area contributed by atoms with Gasteiger partial charge in [-0.3, -0.25) is 4.79 Å². The topological polar surface area (TPSA) is 17.1 Å². The standard InChI is InChI=1S/C17H14BrFO/c18-16-14(5-2-6-15(16)19)17(20)13-9-7-12(8-10-13)11-3-1-4-11/h2,5-11H,1,3-4H2. The summed E-state index contributed by atoms with van der Waals surface area (Å²) in [4.78, 5) is 12.4. The van der Waals surface area contributed by atoms with E-state index in [2.05, 4.69) is 15.9 Å². The Kier molecular flexibility index (Phi) is 3.70. The summed E-state index contributed by atoms with van der Waals surface area (Å²) < 4.78 is 13.7. The molecule has 20 heavy (non-hydrogen) atoms. The fraction of sp³-hybridized carbons (Fsp3) is 0.235. The Morgan fingerprint density at radius 3 is 2.40 bits per heavy atom. The van der Waals surface area contributed by atoms with Gasteiger partial charge in [-0.25, -0.2) is 4.39 Å². The van der Waals surface area contributed by atoms with Gasteiger partial charge < -0.3 is 0 Å². The lowest BCUT2D eigenvalue weighted by atomic mass is 9.80. The van der Waals surface area contributed by atoms with Gasteiger partial charge in [0.25, 0.3) is 0 Å². The lowest BCUT2D eigenvalue weighted by molar-refractivity contribution is 0.103. The Morgan fingerprint density at radius 1 is 1.10 bits per heavy atom. The van der Waals surface area contributed by atoms with Crippen molar-refractivity contribution in [2.24, 2.45) is 0 Å². The lowest BCUT2D eigenvalue weighted by Crippen LogP contribution is -2.09. The van der Waals surface area contributed by atoms with Gasteiger partial charge in [-0.05, 0) is 52.4 Å². The van der Waals surface area contributed by atoms with Crippen LogP contribution in [0.25, 0.3) is 0 Å². The summed E-state index contributed by atoms with van der Waals surface area (Å²) in [5, 5.41) is 0. The minimum Gasteiger partial charge on any atom is -0.289 e. The molecular formula is C17H14BrFO. The minimum absolute atomic E-state index is 0.156. The maximum Gasteiger partial charge on any atom is 0.194 e. The van der Waals surface area contributed by atoms with Gasteiger partial charge in [0.05, 0.1) is 4.47 Å². The Labute approximate surface area is 126 Å². The maximum absolute atomic E-state index is 13.5. The quantitative estimate of drug-likeness (QED) is 0.716. The van der Waals surface area contributed by atoms with Crippen LogP contribution in [-0.4, -0.2) is 5.78 Å². The van der Waals surface area contributed by atoms with Gasteiger partial charge in [-0.1, -0.05) is 36.8 Å². The van der Waals surface area contributed by atoms with E-state index in [1.54, 1.807) is 12.1 Å². The molecule has 1 aliphatic rings. The van der Waals surface area contributed by atoms with Crippen LogP contribution in [0, 0.1) is 5.82 Å². The van der Waals surface area contributed by atoms with E-state index in [0.717, 1.165) is 0 Å². The van der Waals surface area contributed by atoms with E-state index < -0.39 is 5.82 Å². The van der Waals surface area contributed by atoms with Crippen molar-refractivity contribution in [3.8, 4) is 0 Å². The normalized spacial score (nSPS) is 14.9. The number of hydrogen-bond acceptors (Lipinski definition) is 1. The third kappa shape index (κ3) is 2.42. The van der Waals surface area contributed by atoms with Crippen LogP contribution in [0.2, 0.25) is 0 Å². The molecular weight excluding hydrogens is 319 g/mol. The molecule has 3 rings (SSSR count). The maximum atomic E-state index is 13.5. The fourth-order valence-corrected chi connectivity index (χ4v) is 2.93. The summed E-state index contributed by atoms with van der Waals surface area (Å²) in [5.41, 5.74) is 2.26. The van der Waals surface area contributed by atoms with Gasteiger partial charge >= 0.3 is 0 Å². The molecule has 0 saturated heterocycles. The summed E-state index contributed by atoms with van der Waals surface area (Å²) >= 11 is 3.14. The summed E-state index contributed by atoms with van der Waals surface area (Å²) in [6.07, 6.45) is 3.77. The number of rotatable bonds is 3. The molecule has 0 unspecified atom stereocenters. The highest BCUT2D eigenvalue weighted by Crippen LogP contribution is 2.36. The molecule has 0 aromatic heterocycles. The van der Waals surface area contributed by atoms with Crippen molar-refractivity contribution >= 4 is 21.7 Å². The predicted molar refractivity (Wildman–Crippen MR) is 80.6 cm³/mol. The molecule has 0 radical (unpaired) electrons. The zero-order valence-electron chi connectivity index (χ0n) is 10.9. The van der Waals surface area contributed by atoms with E-state index in [9.17, 15) is 9.18 Å². The molecule has 0 N–H and O–H groups in total. The Balaban J connectivity index is 1.88. The first-order valence-corrected chi connectivity index (χ1v) is 7.55. The average molecular weight is 333 g/mol. The van der Waals surface area contributed by atoms with Crippen LogP contribution in [-0.2, 0) is 0 Å².